The van der Waals surface area contributed by atoms with Gasteiger partial charge < -0.3 is 9.84 Å². The molecule has 0 aromatic heterocycles. The largest absolute Gasteiger partial charge is 0.451 e. The number of rotatable bonds is 4. The Morgan fingerprint density at radius 2 is 1.60 bits per heavy atom. The fraction of sp³-hybridized carbons (Fsp3) is 0.250. The van der Waals surface area contributed by atoms with E-state index < -0.39 is 24.0 Å². The van der Waals surface area contributed by atoms with Gasteiger partial charge in [-0.25, -0.2) is 8.78 Å². The van der Waals surface area contributed by atoms with Gasteiger partial charge in [0, 0.05) is 0 Å². The second-order valence-electron chi connectivity index (χ2n) is 4.87. The molecule has 0 aliphatic carbocycles. The molecule has 4 heteroatoms. The van der Waals surface area contributed by atoms with Crippen LogP contribution in [0.25, 0.3) is 0 Å². The fourth-order valence-electron chi connectivity index (χ4n) is 1.84. The molecule has 0 bridgehead atoms. The molecule has 2 aromatic rings. The number of halogens is 2. The Labute approximate surface area is 116 Å². The lowest BCUT2D eigenvalue weighted by Gasteiger charge is -2.10. The molecule has 0 atom stereocenters. The highest BCUT2D eigenvalue weighted by Gasteiger charge is 2.13. The van der Waals surface area contributed by atoms with Crippen LogP contribution in [0.3, 0.4) is 0 Å². The highest BCUT2D eigenvalue weighted by Crippen LogP contribution is 2.29. The maximum absolute atomic E-state index is 13.7. The minimum Gasteiger partial charge on any atom is -0.451 e. The molecular formula is C16H16F2O2. The van der Waals surface area contributed by atoms with Gasteiger partial charge in [0.1, 0.15) is 5.75 Å². The molecule has 0 radical (unpaired) electrons. The number of ether oxygens (including phenoxy) is 1. The number of hydrogen-bond acceptors (Lipinski definition) is 2. The molecule has 2 nitrogen and oxygen atoms in total. The van der Waals surface area contributed by atoms with Gasteiger partial charge in [-0.15, -0.1) is 0 Å². The zero-order valence-corrected chi connectivity index (χ0v) is 11.4. The van der Waals surface area contributed by atoms with Gasteiger partial charge >= 0.3 is 0 Å². The molecule has 2 rings (SSSR count). The third-order valence-electron chi connectivity index (χ3n) is 3.01. The summed E-state index contributed by atoms with van der Waals surface area (Å²) in [5.74, 6) is -1.38. The summed E-state index contributed by atoms with van der Waals surface area (Å²) in [5, 5.41) is 8.88. The molecule has 0 spiro atoms. The van der Waals surface area contributed by atoms with Crippen LogP contribution < -0.4 is 4.74 Å². The van der Waals surface area contributed by atoms with Crippen LogP contribution in [0.4, 0.5) is 8.78 Å². The smallest absolute Gasteiger partial charge is 0.198 e. The first-order valence-electron chi connectivity index (χ1n) is 6.38. The zero-order valence-electron chi connectivity index (χ0n) is 11.4. The van der Waals surface area contributed by atoms with E-state index in [-0.39, 0.29) is 5.56 Å². The normalized spacial score (nSPS) is 10.9. The molecule has 0 fully saturated rings. The van der Waals surface area contributed by atoms with Gasteiger partial charge in [0.05, 0.1) is 6.61 Å². The van der Waals surface area contributed by atoms with Crippen LogP contribution >= 0.6 is 0 Å². The van der Waals surface area contributed by atoms with Crippen molar-refractivity contribution >= 4 is 0 Å². The summed E-state index contributed by atoms with van der Waals surface area (Å²) < 4.78 is 32.7. The monoisotopic (exact) mass is 278 g/mol. The van der Waals surface area contributed by atoms with Crippen LogP contribution in [0.1, 0.15) is 30.9 Å². The van der Waals surface area contributed by atoms with Crippen LogP contribution in [0.5, 0.6) is 11.5 Å². The van der Waals surface area contributed by atoms with Crippen molar-refractivity contribution in [3.63, 3.8) is 0 Å². The second-order valence-corrected chi connectivity index (χ2v) is 4.87. The highest BCUT2D eigenvalue weighted by atomic mass is 19.1. The third-order valence-corrected chi connectivity index (χ3v) is 3.01. The lowest BCUT2D eigenvalue weighted by atomic mass is 10.0. The average molecular weight is 278 g/mol. The van der Waals surface area contributed by atoms with Crippen molar-refractivity contribution in [3.8, 4) is 11.5 Å². The molecule has 0 heterocycles. The Balaban J connectivity index is 2.26. The van der Waals surface area contributed by atoms with Crippen LogP contribution in [-0.4, -0.2) is 5.11 Å². The average Bonchev–Trinajstić information content (AvgIpc) is 2.43. The predicted molar refractivity (Wildman–Crippen MR) is 72.9 cm³/mol. The lowest BCUT2D eigenvalue weighted by Crippen LogP contribution is -1.96. The van der Waals surface area contributed by atoms with Gasteiger partial charge in [0.15, 0.2) is 17.4 Å². The van der Waals surface area contributed by atoms with Crippen molar-refractivity contribution in [2.45, 2.75) is 26.4 Å². The topological polar surface area (TPSA) is 29.5 Å². The van der Waals surface area contributed by atoms with E-state index in [2.05, 4.69) is 13.8 Å². The Morgan fingerprint density at radius 3 is 2.05 bits per heavy atom. The van der Waals surface area contributed by atoms with Crippen molar-refractivity contribution in [3.05, 3.63) is 59.2 Å². The van der Waals surface area contributed by atoms with E-state index >= 15 is 0 Å². The van der Waals surface area contributed by atoms with Crippen LogP contribution in [0.15, 0.2) is 36.4 Å². The summed E-state index contributed by atoms with van der Waals surface area (Å²) in [6.07, 6.45) is 0. The summed E-state index contributed by atoms with van der Waals surface area (Å²) >= 11 is 0. The van der Waals surface area contributed by atoms with Gasteiger partial charge in [0.2, 0.25) is 0 Å². The van der Waals surface area contributed by atoms with Crippen LogP contribution in [0.2, 0.25) is 0 Å². The Hall–Kier alpha value is -1.94. The molecule has 1 N–H and O–H groups in total. The van der Waals surface area contributed by atoms with Crippen LogP contribution in [-0.2, 0) is 6.61 Å². The maximum atomic E-state index is 13.7. The van der Waals surface area contributed by atoms with Gasteiger partial charge in [-0.1, -0.05) is 26.0 Å². The Morgan fingerprint density at radius 1 is 1.05 bits per heavy atom. The van der Waals surface area contributed by atoms with Crippen molar-refractivity contribution in [1.29, 1.82) is 0 Å². The summed E-state index contributed by atoms with van der Waals surface area (Å²) in [4.78, 5) is 0. The Bertz CT molecular complexity index is 569. The molecule has 0 aliphatic heterocycles. The van der Waals surface area contributed by atoms with E-state index in [4.69, 9.17) is 9.84 Å². The van der Waals surface area contributed by atoms with E-state index in [9.17, 15) is 8.78 Å². The van der Waals surface area contributed by atoms with Crippen molar-refractivity contribution in [2.24, 2.45) is 0 Å². The standard InChI is InChI=1S/C16H16F2O2/c1-10(2)12-3-5-13(6-4-12)20-16-14(17)7-11(9-19)8-15(16)18/h3-8,10,19H,9H2,1-2H3. The third kappa shape index (κ3) is 3.14. The molecule has 20 heavy (non-hydrogen) atoms. The minimum absolute atomic E-state index is 0.169. The van der Waals surface area contributed by atoms with Crippen molar-refractivity contribution in [1.82, 2.24) is 0 Å². The van der Waals surface area contributed by atoms with Gasteiger partial charge in [-0.3, -0.25) is 0 Å². The van der Waals surface area contributed by atoms with E-state index in [0.29, 0.717) is 11.7 Å². The zero-order chi connectivity index (χ0) is 14.7. The molecular weight excluding hydrogens is 262 g/mol. The predicted octanol–water partition coefficient (Wildman–Crippen LogP) is 4.37. The first-order valence-corrected chi connectivity index (χ1v) is 6.38. The van der Waals surface area contributed by atoms with E-state index in [1.165, 1.54) is 0 Å². The van der Waals surface area contributed by atoms with Gasteiger partial charge in [-0.2, -0.15) is 0 Å². The van der Waals surface area contributed by atoms with Crippen LogP contribution in [0, 0.1) is 11.6 Å². The fourth-order valence-corrected chi connectivity index (χ4v) is 1.84. The first kappa shape index (κ1) is 14.5. The summed E-state index contributed by atoms with van der Waals surface area (Å²) in [6.45, 7) is 3.70. The van der Waals surface area contributed by atoms with Crippen molar-refractivity contribution in [2.75, 3.05) is 0 Å². The van der Waals surface area contributed by atoms with Gasteiger partial charge in [0.25, 0.3) is 0 Å². The molecule has 0 saturated carbocycles. The summed E-state index contributed by atoms with van der Waals surface area (Å²) in [5.41, 5.74) is 1.29. The lowest BCUT2D eigenvalue weighted by molar-refractivity contribution is 0.279. The number of aliphatic hydroxyl groups is 1. The van der Waals surface area contributed by atoms with E-state index in [1.54, 1.807) is 12.1 Å². The maximum Gasteiger partial charge on any atom is 0.198 e. The summed E-state index contributed by atoms with van der Waals surface area (Å²) in [7, 11) is 0. The molecule has 0 amide bonds. The van der Waals surface area contributed by atoms with Crippen molar-refractivity contribution < 1.29 is 18.6 Å². The molecule has 0 aliphatic rings. The molecule has 0 saturated heterocycles. The SMILES string of the molecule is CC(C)c1ccc(Oc2c(F)cc(CO)cc2F)cc1. The Kier molecular flexibility index (Phi) is 4.35. The molecule has 0 unspecified atom stereocenters. The second kappa shape index (κ2) is 6.01. The van der Waals surface area contributed by atoms with E-state index in [1.807, 2.05) is 12.1 Å². The quantitative estimate of drug-likeness (QED) is 0.899. The highest BCUT2D eigenvalue weighted by molar-refractivity contribution is 5.37. The number of benzene rings is 2. The van der Waals surface area contributed by atoms with Gasteiger partial charge in [-0.05, 0) is 41.3 Å². The molecule has 106 valence electrons. The summed E-state index contributed by atoms with van der Waals surface area (Å²) in [6, 6.07) is 9.18. The number of hydrogen-bond donors (Lipinski definition) is 1. The minimum atomic E-state index is -0.831. The molecule has 2 aromatic carbocycles. The number of aliphatic hydroxyl groups excluding tert-OH is 1. The first-order chi connectivity index (χ1) is 9.51. The van der Waals surface area contributed by atoms with E-state index in [0.717, 1.165) is 17.7 Å².